The Labute approximate surface area is 114 Å². The summed E-state index contributed by atoms with van der Waals surface area (Å²) >= 11 is 0. The number of imide groups is 1. The Morgan fingerprint density at radius 1 is 1.30 bits per heavy atom. The molecule has 0 saturated carbocycles. The molecule has 1 aromatic carbocycles. The van der Waals surface area contributed by atoms with Gasteiger partial charge in [0.1, 0.15) is 11.9 Å². The van der Waals surface area contributed by atoms with Crippen LogP contribution in [0.15, 0.2) is 24.3 Å². The molecule has 106 valence electrons. The van der Waals surface area contributed by atoms with Crippen LogP contribution in [0.3, 0.4) is 0 Å². The van der Waals surface area contributed by atoms with E-state index in [1.54, 1.807) is 18.2 Å². The van der Waals surface area contributed by atoms with Gasteiger partial charge in [-0.2, -0.15) is 0 Å². The Morgan fingerprint density at radius 2 is 2.05 bits per heavy atom. The van der Waals surface area contributed by atoms with Crippen molar-refractivity contribution in [3.63, 3.8) is 0 Å². The van der Waals surface area contributed by atoms with Gasteiger partial charge in [-0.15, -0.1) is 0 Å². The van der Waals surface area contributed by atoms with Crippen molar-refractivity contribution >= 4 is 17.8 Å². The molecule has 0 aliphatic carbocycles. The van der Waals surface area contributed by atoms with Gasteiger partial charge in [-0.1, -0.05) is 18.2 Å². The molecule has 0 bridgehead atoms. The van der Waals surface area contributed by atoms with Gasteiger partial charge in [0.2, 0.25) is 5.91 Å². The van der Waals surface area contributed by atoms with Crippen LogP contribution < -0.4 is 16.0 Å². The Balaban J connectivity index is 1.75. The van der Waals surface area contributed by atoms with Gasteiger partial charge >= 0.3 is 6.03 Å². The molecule has 20 heavy (non-hydrogen) atoms. The second-order valence-electron chi connectivity index (χ2n) is 4.42. The summed E-state index contributed by atoms with van der Waals surface area (Å²) in [7, 11) is 0. The molecule has 1 saturated heterocycles. The van der Waals surface area contributed by atoms with Crippen molar-refractivity contribution < 1.29 is 18.8 Å². The minimum absolute atomic E-state index is 0.0596. The quantitative estimate of drug-likeness (QED) is 0.667. The number of hydrogen-bond acceptors (Lipinski definition) is 3. The molecule has 1 unspecified atom stereocenters. The maximum absolute atomic E-state index is 13.3. The van der Waals surface area contributed by atoms with Crippen LogP contribution in [-0.2, 0) is 16.0 Å². The molecule has 6 nitrogen and oxygen atoms in total. The van der Waals surface area contributed by atoms with Crippen molar-refractivity contribution in [2.45, 2.75) is 18.9 Å². The third kappa shape index (κ3) is 3.53. The molecule has 0 radical (unpaired) electrons. The van der Waals surface area contributed by atoms with Crippen LogP contribution in [0.1, 0.15) is 12.0 Å². The number of rotatable bonds is 5. The lowest BCUT2D eigenvalue weighted by molar-refractivity contribution is -0.122. The molecule has 1 fully saturated rings. The Morgan fingerprint density at radius 3 is 2.70 bits per heavy atom. The second kappa shape index (κ2) is 6.14. The SMILES string of the molecule is O=C(Cc1ccccc1F)NCCC1NC(=O)NC1=O. The molecule has 2 rings (SSSR count). The highest BCUT2D eigenvalue weighted by Crippen LogP contribution is 2.06. The van der Waals surface area contributed by atoms with Gasteiger partial charge in [-0.05, 0) is 18.1 Å². The molecule has 4 amide bonds. The average Bonchev–Trinajstić information content (AvgIpc) is 2.71. The van der Waals surface area contributed by atoms with Crippen molar-refractivity contribution in [3.05, 3.63) is 35.6 Å². The van der Waals surface area contributed by atoms with Gasteiger partial charge in [0.15, 0.2) is 0 Å². The summed E-state index contributed by atoms with van der Waals surface area (Å²) in [5.41, 5.74) is 0.317. The summed E-state index contributed by atoms with van der Waals surface area (Å²) in [6.07, 6.45) is 0.233. The summed E-state index contributed by atoms with van der Waals surface area (Å²) in [6, 6.07) is 4.89. The fourth-order valence-corrected chi connectivity index (χ4v) is 1.90. The molecule has 3 N–H and O–H groups in total. The number of benzene rings is 1. The normalized spacial score (nSPS) is 17.6. The smallest absolute Gasteiger partial charge is 0.322 e. The number of urea groups is 1. The highest BCUT2D eigenvalue weighted by atomic mass is 19.1. The lowest BCUT2D eigenvalue weighted by Crippen LogP contribution is -2.35. The first-order chi connectivity index (χ1) is 9.56. The third-order valence-corrected chi connectivity index (χ3v) is 2.92. The Kier molecular flexibility index (Phi) is 4.29. The summed E-state index contributed by atoms with van der Waals surface area (Å²) < 4.78 is 13.3. The highest BCUT2D eigenvalue weighted by molar-refractivity contribution is 6.04. The fraction of sp³-hybridized carbons (Fsp3) is 0.308. The maximum atomic E-state index is 13.3. The first-order valence-corrected chi connectivity index (χ1v) is 6.17. The predicted octanol–water partition coefficient (Wildman–Crippen LogP) is 0.0825. The number of nitrogens with one attached hydrogen (secondary N) is 3. The van der Waals surface area contributed by atoms with E-state index in [1.807, 2.05) is 0 Å². The largest absolute Gasteiger partial charge is 0.356 e. The number of carbonyl (C=O) groups excluding carboxylic acids is 3. The van der Waals surface area contributed by atoms with Crippen LogP contribution in [0.4, 0.5) is 9.18 Å². The van der Waals surface area contributed by atoms with Crippen molar-refractivity contribution in [3.8, 4) is 0 Å². The van der Waals surface area contributed by atoms with Crippen molar-refractivity contribution in [2.24, 2.45) is 0 Å². The standard InChI is InChI=1S/C13H14FN3O3/c14-9-4-2-1-3-8(9)7-11(18)15-6-5-10-12(19)17-13(20)16-10/h1-4,10H,5-7H2,(H,15,18)(H2,16,17,19,20). The minimum Gasteiger partial charge on any atom is -0.356 e. The zero-order valence-electron chi connectivity index (χ0n) is 10.6. The first kappa shape index (κ1) is 14.0. The van der Waals surface area contributed by atoms with Crippen LogP contribution in [-0.4, -0.2) is 30.4 Å². The second-order valence-corrected chi connectivity index (χ2v) is 4.42. The van der Waals surface area contributed by atoms with Crippen LogP contribution in [0.25, 0.3) is 0 Å². The van der Waals surface area contributed by atoms with Gasteiger partial charge in [-0.3, -0.25) is 14.9 Å². The minimum atomic E-state index is -0.628. The van der Waals surface area contributed by atoms with E-state index in [2.05, 4.69) is 16.0 Å². The number of hydrogen-bond donors (Lipinski definition) is 3. The summed E-state index contributed by atoms with van der Waals surface area (Å²) in [4.78, 5) is 33.7. The Bertz CT molecular complexity index is 547. The summed E-state index contributed by atoms with van der Waals surface area (Å²) in [5, 5.41) is 7.11. The molecule has 1 aliphatic heterocycles. The van der Waals surface area contributed by atoms with Gasteiger partial charge in [0.05, 0.1) is 6.42 Å². The van der Waals surface area contributed by atoms with E-state index in [9.17, 15) is 18.8 Å². The summed E-state index contributed by atoms with van der Waals surface area (Å²) in [5.74, 6) is -1.16. The fourth-order valence-electron chi connectivity index (χ4n) is 1.90. The third-order valence-electron chi connectivity index (χ3n) is 2.92. The molecular formula is C13H14FN3O3. The van der Waals surface area contributed by atoms with Crippen LogP contribution in [0, 0.1) is 5.82 Å². The van der Waals surface area contributed by atoms with Crippen LogP contribution >= 0.6 is 0 Å². The van der Waals surface area contributed by atoms with Gasteiger partial charge in [-0.25, -0.2) is 9.18 Å². The molecule has 1 atom stereocenters. The monoisotopic (exact) mass is 279 g/mol. The number of halogens is 1. The zero-order chi connectivity index (χ0) is 14.5. The van der Waals surface area contributed by atoms with E-state index in [1.165, 1.54) is 6.07 Å². The molecular weight excluding hydrogens is 265 g/mol. The highest BCUT2D eigenvalue weighted by Gasteiger charge is 2.28. The van der Waals surface area contributed by atoms with E-state index in [-0.39, 0.29) is 18.9 Å². The van der Waals surface area contributed by atoms with Crippen molar-refractivity contribution in [2.75, 3.05) is 6.54 Å². The molecule has 1 aliphatic rings. The van der Waals surface area contributed by atoms with Crippen LogP contribution in [0.5, 0.6) is 0 Å². The van der Waals surface area contributed by atoms with E-state index in [4.69, 9.17) is 0 Å². The lowest BCUT2D eigenvalue weighted by Gasteiger charge is -2.09. The van der Waals surface area contributed by atoms with Gasteiger partial charge in [0.25, 0.3) is 5.91 Å². The molecule has 1 heterocycles. The van der Waals surface area contributed by atoms with E-state index < -0.39 is 23.8 Å². The maximum Gasteiger partial charge on any atom is 0.322 e. The van der Waals surface area contributed by atoms with Crippen LogP contribution in [0.2, 0.25) is 0 Å². The number of carbonyl (C=O) groups is 3. The average molecular weight is 279 g/mol. The Hall–Kier alpha value is -2.44. The van der Waals surface area contributed by atoms with E-state index >= 15 is 0 Å². The molecule has 7 heteroatoms. The van der Waals surface area contributed by atoms with Gasteiger partial charge in [0, 0.05) is 6.54 Å². The van der Waals surface area contributed by atoms with E-state index in [0.717, 1.165) is 0 Å². The van der Waals surface area contributed by atoms with E-state index in [0.29, 0.717) is 12.0 Å². The summed E-state index contributed by atoms with van der Waals surface area (Å²) in [6.45, 7) is 0.228. The zero-order valence-corrected chi connectivity index (χ0v) is 10.6. The predicted molar refractivity (Wildman–Crippen MR) is 68.2 cm³/mol. The number of amides is 4. The molecule has 0 spiro atoms. The van der Waals surface area contributed by atoms with Crippen molar-refractivity contribution in [1.29, 1.82) is 0 Å². The first-order valence-electron chi connectivity index (χ1n) is 6.17. The lowest BCUT2D eigenvalue weighted by atomic mass is 10.1. The molecule has 0 aromatic heterocycles. The van der Waals surface area contributed by atoms with Crippen molar-refractivity contribution in [1.82, 2.24) is 16.0 Å². The van der Waals surface area contributed by atoms with Gasteiger partial charge < -0.3 is 10.6 Å². The topological polar surface area (TPSA) is 87.3 Å². The molecule has 1 aromatic rings.